The fourth-order valence-electron chi connectivity index (χ4n) is 2.92. The van der Waals surface area contributed by atoms with Gasteiger partial charge in [-0.2, -0.15) is 13.2 Å². The van der Waals surface area contributed by atoms with Crippen molar-refractivity contribution in [1.82, 2.24) is 15.3 Å². The standard InChI is InChI=1S/C21H17F4N3O3/c1-31-20(30)18(9-15-10-26-11-27-15)28-19(29)16-8-13(4-7-17(16)22)12-2-5-14(6-3-12)21(23,24)25/h2-8,10-11,18H,9H2,1H3,(H,26,27)(H,28,29)/t18-/m0/s1. The third-order valence-corrected chi connectivity index (χ3v) is 4.53. The Morgan fingerprint density at radius 1 is 1.13 bits per heavy atom. The fraction of sp³-hybridized carbons (Fsp3) is 0.190. The van der Waals surface area contributed by atoms with Gasteiger partial charge < -0.3 is 15.0 Å². The predicted molar refractivity (Wildman–Crippen MR) is 102 cm³/mol. The molecule has 3 aromatic rings. The van der Waals surface area contributed by atoms with Gasteiger partial charge in [0.1, 0.15) is 11.9 Å². The monoisotopic (exact) mass is 435 g/mol. The van der Waals surface area contributed by atoms with Gasteiger partial charge in [-0.3, -0.25) is 4.79 Å². The van der Waals surface area contributed by atoms with E-state index < -0.39 is 35.5 Å². The molecule has 6 nitrogen and oxygen atoms in total. The first kappa shape index (κ1) is 22.0. The van der Waals surface area contributed by atoms with Crippen molar-refractivity contribution in [3.8, 4) is 11.1 Å². The van der Waals surface area contributed by atoms with E-state index in [1.54, 1.807) is 0 Å². The molecule has 0 spiro atoms. The topological polar surface area (TPSA) is 84.1 Å². The Bertz CT molecular complexity index is 1060. The molecule has 0 saturated heterocycles. The lowest BCUT2D eigenvalue weighted by Crippen LogP contribution is -2.43. The molecule has 0 unspecified atom stereocenters. The number of nitrogens with zero attached hydrogens (tertiary/aromatic N) is 1. The molecule has 1 amide bonds. The van der Waals surface area contributed by atoms with Crippen molar-refractivity contribution in [3.05, 3.63) is 77.6 Å². The Morgan fingerprint density at radius 2 is 1.81 bits per heavy atom. The highest BCUT2D eigenvalue weighted by molar-refractivity contribution is 5.98. The van der Waals surface area contributed by atoms with Gasteiger partial charge in [0, 0.05) is 18.3 Å². The van der Waals surface area contributed by atoms with E-state index in [-0.39, 0.29) is 12.0 Å². The van der Waals surface area contributed by atoms with Crippen molar-refractivity contribution in [1.29, 1.82) is 0 Å². The number of H-pyrrole nitrogens is 1. The normalized spacial score (nSPS) is 12.3. The zero-order chi connectivity index (χ0) is 22.6. The summed E-state index contributed by atoms with van der Waals surface area (Å²) in [6.07, 6.45) is -1.57. The van der Waals surface area contributed by atoms with Crippen molar-refractivity contribution in [2.75, 3.05) is 7.11 Å². The summed E-state index contributed by atoms with van der Waals surface area (Å²) in [5, 5.41) is 2.42. The third kappa shape index (κ3) is 5.27. The van der Waals surface area contributed by atoms with Crippen LogP contribution in [0.4, 0.5) is 17.6 Å². The number of nitrogens with one attached hydrogen (secondary N) is 2. The van der Waals surface area contributed by atoms with E-state index >= 15 is 0 Å². The van der Waals surface area contributed by atoms with Crippen LogP contribution in [0.15, 0.2) is 55.0 Å². The highest BCUT2D eigenvalue weighted by Gasteiger charge is 2.30. The van der Waals surface area contributed by atoms with Crippen LogP contribution in [0.25, 0.3) is 11.1 Å². The van der Waals surface area contributed by atoms with E-state index in [0.717, 1.165) is 25.3 Å². The minimum absolute atomic E-state index is 0.0403. The van der Waals surface area contributed by atoms with E-state index in [1.165, 1.54) is 36.8 Å². The first-order valence-corrected chi connectivity index (χ1v) is 9.02. The zero-order valence-corrected chi connectivity index (χ0v) is 16.2. The maximum Gasteiger partial charge on any atom is 0.416 e. The van der Waals surface area contributed by atoms with Gasteiger partial charge in [-0.05, 0) is 35.4 Å². The van der Waals surface area contributed by atoms with Gasteiger partial charge in [0.15, 0.2) is 0 Å². The van der Waals surface area contributed by atoms with Crippen molar-refractivity contribution >= 4 is 11.9 Å². The molecular formula is C21H17F4N3O3. The third-order valence-electron chi connectivity index (χ3n) is 4.53. The molecular weight excluding hydrogens is 418 g/mol. The van der Waals surface area contributed by atoms with E-state index in [4.69, 9.17) is 0 Å². The van der Waals surface area contributed by atoms with E-state index in [2.05, 4.69) is 20.0 Å². The quantitative estimate of drug-likeness (QED) is 0.456. The molecule has 1 heterocycles. The maximum absolute atomic E-state index is 14.3. The molecule has 1 atom stereocenters. The molecule has 0 aliphatic heterocycles. The Morgan fingerprint density at radius 3 is 2.39 bits per heavy atom. The molecule has 0 bridgehead atoms. The molecule has 0 aliphatic rings. The van der Waals surface area contributed by atoms with E-state index in [9.17, 15) is 27.2 Å². The number of alkyl halides is 3. The van der Waals surface area contributed by atoms with Gasteiger partial charge in [-0.1, -0.05) is 18.2 Å². The second-order valence-electron chi connectivity index (χ2n) is 6.60. The summed E-state index contributed by atoms with van der Waals surface area (Å²) in [7, 11) is 1.15. The SMILES string of the molecule is COC(=O)[C@H](Cc1cnc[nH]1)NC(=O)c1cc(-c2ccc(C(F)(F)F)cc2)ccc1F. The summed E-state index contributed by atoms with van der Waals surface area (Å²) < 4.78 is 57.3. The number of carbonyl (C=O) groups excluding carboxylic acids is 2. The highest BCUT2D eigenvalue weighted by atomic mass is 19.4. The van der Waals surface area contributed by atoms with Crippen LogP contribution in [0.5, 0.6) is 0 Å². The molecule has 0 saturated carbocycles. The number of rotatable bonds is 6. The van der Waals surface area contributed by atoms with Crippen LogP contribution >= 0.6 is 0 Å². The summed E-state index contributed by atoms with van der Waals surface area (Å²) >= 11 is 0. The summed E-state index contributed by atoms with van der Waals surface area (Å²) in [6.45, 7) is 0. The van der Waals surface area contributed by atoms with Crippen LogP contribution in [-0.4, -0.2) is 35.0 Å². The number of aromatic nitrogens is 2. The van der Waals surface area contributed by atoms with Gasteiger partial charge in [-0.15, -0.1) is 0 Å². The van der Waals surface area contributed by atoms with Crippen LogP contribution in [0.3, 0.4) is 0 Å². The molecule has 2 aromatic carbocycles. The average molecular weight is 435 g/mol. The molecule has 3 rings (SSSR count). The molecule has 2 N–H and O–H groups in total. The van der Waals surface area contributed by atoms with Gasteiger partial charge >= 0.3 is 12.1 Å². The lowest BCUT2D eigenvalue weighted by molar-refractivity contribution is -0.143. The minimum Gasteiger partial charge on any atom is -0.467 e. The number of halogens is 4. The number of imidazole rings is 1. The molecule has 0 fully saturated rings. The Kier molecular flexibility index (Phi) is 6.38. The van der Waals surface area contributed by atoms with Crippen molar-refractivity contribution in [3.63, 3.8) is 0 Å². The smallest absolute Gasteiger partial charge is 0.416 e. The molecule has 1 aromatic heterocycles. The Hall–Kier alpha value is -3.69. The zero-order valence-electron chi connectivity index (χ0n) is 16.2. The fourth-order valence-corrected chi connectivity index (χ4v) is 2.92. The molecule has 0 radical (unpaired) electrons. The van der Waals surface area contributed by atoms with E-state index in [0.29, 0.717) is 16.8 Å². The van der Waals surface area contributed by atoms with Crippen LogP contribution < -0.4 is 5.32 Å². The second kappa shape index (κ2) is 8.99. The number of benzene rings is 2. The summed E-state index contributed by atoms with van der Waals surface area (Å²) in [5.74, 6) is -2.46. The number of hydrogen-bond acceptors (Lipinski definition) is 4. The van der Waals surface area contributed by atoms with Crippen LogP contribution in [0.2, 0.25) is 0 Å². The molecule has 0 aliphatic carbocycles. The van der Waals surface area contributed by atoms with Crippen molar-refractivity contribution in [2.24, 2.45) is 0 Å². The Balaban J connectivity index is 1.84. The summed E-state index contributed by atoms with van der Waals surface area (Å²) in [5.41, 5.74) is 0.0640. The van der Waals surface area contributed by atoms with Gasteiger partial charge in [0.25, 0.3) is 5.91 Å². The summed E-state index contributed by atoms with van der Waals surface area (Å²) in [6, 6.07) is 6.73. The highest BCUT2D eigenvalue weighted by Crippen LogP contribution is 2.31. The van der Waals surface area contributed by atoms with Gasteiger partial charge in [0.05, 0.1) is 24.6 Å². The first-order chi connectivity index (χ1) is 14.7. The summed E-state index contributed by atoms with van der Waals surface area (Å²) in [4.78, 5) is 31.3. The average Bonchev–Trinajstić information content (AvgIpc) is 3.25. The maximum atomic E-state index is 14.3. The van der Waals surface area contributed by atoms with E-state index in [1.807, 2.05) is 0 Å². The Labute approximate surface area is 174 Å². The minimum atomic E-state index is -4.48. The number of esters is 1. The van der Waals surface area contributed by atoms with Crippen LogP contribution in [-0.2, 0) is 22.1 Å². The number of amides is 1. The number of aromatic amines is 1. The molecule has 10 heteroatoms. The number of carbonyl (C=O) groups is 2. The number of methoxy groups -OCH3 is 1. The molecule has 31 heavy (non-hydrogen) atoms. The first-order valence-electron chi connectivity index (χ1n) is 9.02. The predicted octanol–water partition coefficient (Wildman–Crippen LogP) is 3.75. The number of ether oxygens (including phenoxy) is 1. The van der Waals surface area contributed by atoms with Gasteiger partial charge in [-0.25, -0.2) is 14.2 Å². The lowest BCUT2D eigenvalue weighted by atomic mass is 10.0. The van der Waals surface area contributed by atoms with Crippen LogP contribution in [0, 0.1) is 5.82 Å². The van der Waals surface area contributed by atoms with Crippen LogP contribution in [0.1, 0.15) is 21.6 Å². The lowest BCUT2D eigenvalue weighted by Gasteiger charge is -2.16. The van der Waals surface area contributed by atoms with Crippen molar-refractivity contribution in [2.45, 2.75) is 18.6 Å². The molecule has 162 valence electrons. The number of hydrogen-bond donors (Lipinski definition) is 2. The second-order valence-corrected chi connectivity index (χ2v) is 6.60. The largest absolute Gasteiger partial charge is 0.467 e. The van der Waals surface area contributed by atoms with Crippen molar-refractivity contribution < 1.29 is 31.9 Å². The van der Waals surface area contributed by atoms with Gasteiger partial charge in [0.2, 0.25) is 0 Å².